The van der Waals surface area contributed by atoms with Crippen molar-refractivity contribution in [1.82, 2.24) is 20.0 Å². The van der Waals surface area contributed by atoms with Crippen molar-refractivity contribution in [3.05, 3.63) is 18.0 Å². The van der Waals surface area contributed by atoms with Crippen LogP contribution in [0.2, 0.25) is 0 Å². The molecule has 0 saturated heterocycles. The molecule has 1 heterocycles. The molecule has 0 aliphatic heterocycles. The van der Waals surface area contributed by atoms with Gasteiger partial charge in [-0.25, -0.2) is 0 Å². The Bertz CT molecular complexity index is 410. The minimum Gasteiger partial charge on any atom is -0.312 e. The number of nitrogens with one attached hydrogen (secondary N) is 1. The van der Waals surface area contributed by atoms with Crippen LogP contribution in [0.3, 0.4) is 0 Å². The molecule has 4 nitrogen and oxygen atoms in total. The Morgan fingerprint density at radius 1 is 1.53 bits per heavy atom. The van der Waals surface area contributed by atoms with Crippen molar-refractivity contribution in [1.29, 1.82) is 0 Å². The SMILES string of the molecule is CCNC1C(N(C)Cc2cnn(C)c2)CCC1(C)C. The average Bonchev–Trinajstić information content (AvgIpc) is 2.85. The van der Waals surface area contributed by atoms with E-state index in [0.717, 1.165) is 13.1 Å². The van der Waals surface area contributed by atoms with Crippen LogP contribution in [0.1, 0.15) is 39.2 Å². The minimum absolute atomic E-state index is 0.393. The van der Waals surface area contributed by atoms with Gasteiger partial charge in [-0.2, -0.15) is 5.10 Å². The quantitative estimate of drug-likeness (QED) is 0.883. The van der Waals surface area contributed by atoms with Crippen LogP contribution in [-0.4, -0.2) is 40.4 Å². The minimum atomic E-state index is 0.393. The predicted octanol–water partition coefficient (Wildman–Crippen LogP) is 2.02. The van der Waals surface area contributed by atoms with E-state index in [0.29, 0.717) is 17.5 Å². The van der Waals surface area contributed by atoms with Crippen LogP contribution in [0.5, 0.6) is 0 Å². The molecule has 2 rings (SSSR count). The molecule has 108 valence electrons. The third kappa shape index (κ3) is 3.18. The van der Waals surface area contributed by atoms with E-state index in [1.54, 1.807) is 0 Å². The van der Waals surface area contributed by atoms with Crippen LogP contribution >= 0.6 is 0 Å². The largest absolute Gasteiger partial charge is 0.312 e. The molecule has 1 fully saturated rings. The van der Waals surface area contributed by atoms with Gasteiger partial charge in [0.1, 0.15) is 0 Å². The normalized spacial score (nSPS) is 26.2. The molecule has 4 heteroatoms. The molecule has 0 radical (unpaired) electrons. The van der Waals surface area contributed by atoms with Crippen molar-refractivity contribution in [3.63, 3.8) is 0 Å². The van der Waals surface area contributed by atoms with Gasteiger partial charge in [-0.3, -0.25) is 9.58 Å². The maximum Gasteiger partial charge on any atom is 0.0534 e. The highest BCUT2D eigenvalue weighted by molar-refractivity contribution is 5.06. The molecule has 1 N–H and O–H groups in total. The lowest BCUT2D eigenvalue weighted by Crippen LogP contribution is -2.50. The molecule has 1 aliphatic rings. The highest BCUT2D eigenvalue weighted by Crippen LogP contribution is 2.39. The van der Waals surface area contributed by atoms with Crippen LogP contribution in [0.15, 0.2) is 12.4 Å². The van der Waals surface area contributed by atoms with Crippen LogP contribution in [0, 0.1) is 5.41 Å². The summed E-state index contributed by atoms with van der Waals surface area (Å²) in [6.07, 6.45) is 6.66. The topological polar surface area (TPSA) is 33.1 Å². The number of hydrogen-bond donors (Lipinski definition) is 1. The third-order valence-electron chi connectivity index (χ3n) is 4.49. The molecule has 1 aliphatic carbocycles. The molecular weight excluding hydrogens is 236 g/mol. The first-order valence-electron chi connectivity index (χ1n) is 7.35. The van der Waals surface area contributed by atoms with Gasteiger partial charge in [0.2, 0.25) is 0 Å². The summed E-state index contributed by atoms with van der Waals surface area (Å²) in [4.78, 5) is 2.49. The van der Waals surface area contributed by atoms with Gasteiger partial charge >= 0.3 is 0 Å². The highest BCUT2D eigenvalue weighted by atomic mass is 15.2. The van der Waals surface area contributed by atoms with Gasteiger partial charge in [0.05, 0.1) is 6.20 Å². The van der Waals surface area contributed by atoms with Gasteiger partial charge in [0.25, 0.3) is 0 Å². The van der Waals surface area contributed by atoms with Crippen LogP contribution in [0.25, 0.3) is 0 Å². The fraction of sp³-hybridized carbons (Fsp3) is 0.800. The van der Waals surface area contributed by atoms with Crippen LogP contribution in [-0.2, 0) is 13.6 Å². The fourth-order valence-corrected chi connectivity index (χ4v) is 3.43. The van der Waals surface area contributed by atoms with E-state index >= 15 is 0 Å². The van der Waals surface area contributed by atoms with E-state index in [1.807, 2.05) is 17.9 Å². The molecule has 2 atom stereocenters. The monoisotopic (exact) mass is 264 g/mol. The zero-order valence-electron chi connectivity index (χ0n) is 13.0. The lowest BCUT2D eigenvalue weighted by molar-refractivity contribution is 0.167. The molecule has 2 unspecified atom stereocenters. The first kappa shape index (κ1) is 14.5. The number of rotatable bonds is 5. The Morgan fingerprint density at radius 2 is 2.26 bits per heavy atom. The Morgan fingerprint density at radius 3 is 2.84 bits per heavy atom. The summed E-state index contributed by atoms with van der Waals surface area (Å²) in [6, 6.07) is 1.20. The van der Waals surface area contributed by atoms with E-state index in [1.165, 1.54) is 18.4 Å². The summed E-state index contributed by atoms with van der Waals surface area (Å²) in [5, 5.41) is 7.95. The summed E-state index contributed by atoms with van der Waals surface area (Å²) in [5.41, 5.74) is 1.69. The number of likely N-dealkylation sites (N-methyl/N-ethyl adjacent to an activating group) is 2. The van der Waals surface area contributed by atoms with Crippen molar-refractivity contribution in [2.75, 3.05) is 13.6 Å². The van der Waals surface area contributed by atoms with E-state index < -0.39 is 0 Å². The summed E-state index contributed by atoms with van der Waals surface area (Å²) in [5.74, 6) is 0. The van der Waals surface area contributed by atoms with Gasteiger partial charge in [-0.1, -0.05) is 20.8 Å². The summed E-state index contributed by atoms with van der Waals surface area (Å²) in [6.45, 7) is 9.00. The predicted molar refractivity (Wildman–Crippen MR) is 78.9 cm³/mol. The van der Waals surface area contributed by atoms with Gasteiger partial charge < -0.3 is 5.32 Å². The number of aromatic nitrogens is 2. The average molecular weight is 264 g/mol. The van der Waals surface area contributed by atoms with Crippen molar-refractivity contribution in [2.45, 2.75) is 52.2 Å². The van der Waals surface area contributed by atoms with Crippen molar-refractivity contribution in [3.8, 4) is 0 Å². The molecular formula is C15H28N4. The van der Waals surface area contributed by atoms with E-state index in [-0.39, 0.29) is 0 Å². The van der Waals surface area contributed by atoms with Crippen molar-refractivity contribution < 1.29 is 0 Å². The molecule has 0 aromatic carbocycles. The third-order valence-corrected chi connectivity index (χ3v) is 4.49. The van der Waals surface area contributed by atoms with Gasteiger partial charge in [-0.15, -0.1) is 0 Å². The molecule has 0 bridgehead atoms. The Labute approximate surface area is 117 Å². The smallest absolute Gasteiger partial charge is 0.0534 e. The number of hydrogen-bond acceptors (Lipinski definition) is 3. The first-order chi connectivity index (χ1) is 8.94. The Balaban J connectivity index is 2.03. The summed E-state index contributed by atoms with van der Waals surface area (Å²) in [7, 11) is 4.22. The van der Waals surface area contributed by atoms with Gasteiger partial charge in [0, 0.05) is 37.4 Å². The van der Waals surface area contributed by atoms with Crippen LogP contribution in [0.4, 0.5) is 0 Å². The lowest BCUT2D eigenvalue weighted by atomic mass is 9.86. The first-order valence-corrected chi connectivity index (χ1v) is 7.35. The molecule has 0 spiro atoms. The fourth-order valence-electron chi connectivity index (χ4n) is 3.43. The zero-order valence-corrected chi connectivity index (χ0v) is 13.0. The second-order valence-corrected chi connectivity index (χ2v) is 6.57. The van der Waals surface area contributed by atoms with Gasteiger partial charge in [0.15, 0.2) is 0 Å². The number of nitrogens with zero attached hydrogens (tertiary/aromatic N) is 3. The summed E-state index contributed by atoms with van der Waals surface area (Å²) >= 11 is 0. The molecule has 1 aromatic rings. The van der Waals surface area contributed by atoms with Crippen LogP contribution < -0.4 is 5.32 Å². The number of aryl methyl sites for hydroxylation is 1. The molecule has 1 saturated carbocycles. The Hall–Kier alpha value is -0.870. The van der Waals surface area contributed by atoms with E-state index in [9.17, 15) is 0 Å². The highest BCUT2D eigenvalue weighted by Gasteiger charge is 2.42. The zero-order chi connectivity index (χ0) is 14.0. The lowest BCUT2D eigenvalue weighted by Gasteiger charge is -2.35. The Kier molecular flexibility index (Phi) is 4.31. The summed E-state index contributed by atoms with van der Waals surface area (Å²) < 4.78 is 1.88. The maximum absolute atomic E-state index is 4.25. The van der Waals surface area contributed by atoms with Gasteiger partial charge in [-0.05, 0) is 31.8 Å². The molecule has 19 heavy (non-hydrogen) atoms. The van der Waals surface area contributed by atoms with E-state index in [4.69, 9.17) is 0 Å². The second-order valence-electron chi connectivity index (χ2n) is 6.57. The van der Waals surface area contributed by atoms with E-state index in [2.05, 4.69) is 49.3 Å². The molecule has 1 aromatic heterocycles. The maximum atomic E-state index is 4.25. The standard InChI is InChI=1S/C15H28N4/c1-6-16-14-13(7-8-15(14,2)3)18(4)10-12-9-17-19(5)11-12/h9,11,13-14,16H,6-8,10H2,1-5H3. The van der Waals surface area contributed by atoms with Crippen molar-refractivity contribution in [2.24, 2.45) is 12.5 Å². The van der Waals surface area contributed by atoms with Crippen molar-refractivity contribution >= 4 is 0 Å². The molecule has 0 amide bonds. The second kappa shape index (κ2) is 5.63.